The van der Waals surface area contributed by atoms with E-state index in [0.717, 1.165) is 5.56 Å². The van der Waals surface area contributed by atoms with Gasteiger partial charge in [0.05, 0.1) is 0 Å². The Hall–Kier alpha value is -1.91. The molecule has 1 aliphatic rings. The number of carbonyl (C=O) groups excluding carboxylic acids is 2. The molecule has 1 aromatic rings. The molecule has 0 saturated carbocycles. The molecule has 1 atom stereocenters. The van der Waals surface area contributed by atoms with E-state index in [4.69, 9.17) is 0 Å². The van der Waals surface area contributed by atoms with Crippen molar-refractivity contribution in [1.82, 2.24) is 15.2 Å². The van der Waals surface area contributed by atoms with E-state index in [9.17, 15) is 9.59 Å². The number of aromatic nitrogens is 1. The molecule has 2 amide bonds. The molecule has 0 aromatic carbocycles. The van der Waals surface area contributed by atoms with Crippen molar-refractivity contribution < 1.29 is 9.59 Å². The number of hydrogen-bond acceptors (Lipinski definition) is 3. The van der Waals surface area contributed by atoms with Gasteiger partial charge in [-0.15, -0.1) is 0 Å². The molecule has 0 aliphatic carbocycles. The first-order valence-corrected chi connectivity index (χ1v) is 6.85. The lowest BCUT2D eigenvalue weighted by atomic mass is 9.86. The maximum Gasteiger partial charge on any atom is 0.246 e. The van der Waals surface area contributed by atoms with Crippen molar-refractivity contribution in [2.24, 2.45) is 5.41 Å². The van der Waals surface area contributed by atoms with E-state index in [0.29, 0.717) is 19.5 Å². The second kappa shape index (κ2) is 5.61. The van der Waals surface area contributed by atoms with Gasteiger partial charge in [0, 0.05) is 31.9 Å². The molecule has 0 spiro atoms. The van der Waals surface area contributed by atoms with Crippen LogP contribution in [0.1, 0.15) is 32.8 Å². The van der Waals surface area contributed by atoms with Crippen molar-refractivity contribution in [1.29, 1.82) is 0 Å². The molecule has 5 heteroatoms. The van der Waals surface area contributed by atoms with Crippen molar-refractivity contribution >= 4 is 11.8 Å². The number of pyridine rings is 1. The van der Waals surface area contributed by atoms with Crippen LogP contribution < -0.4 is 5.32 Å². The smallest absolute Gasteiger partial charge is 0.246 e. The van der Waals surface area contributed by atoms with Gasteiger partial charge >= 0.3 is 0 Å². The Morgan fingerprint density at radius 2 is 2.15 bits per heavy atom. The second-order valence-electron chi connectivity index (χ2n) is 6.24. The summed E-state index contributed by atoms with van der Waals surface area (Å²) in [5, 5.41) is 2.84. The Balaban J connectivity index is 2.20. The third-order valence-corrected chi connectivity index (χ3v) is 3.43. The minimum Gasteiger partial charge on any atom is -0.344 e. The second-order valence-corrected chi connectivity index (χ2v) is 6.24. The summed E-state index contributed by atoms with van der Waals surface area (Å²) in [4.78, 5) is 30.2. The zero-order valence-corrected chi connectivity index (χ0v) is 12.2. The molecule has 0 radical (unpaired) electrons. The van der Waals surface area contributed by atoms with Gasteiger partial charge in [0.1, 0.15) is 6.04 Å². The summed E-state index contributed by atoms with van der Waals surface area (Å²) in [7, 11) is 0. The third-order valence-electron chi connectivity index (χ3n) is 3.43. The minimum absolute atomic E-state index is 0.0211. The minimum atomic E-state index is -0.478. The van der Waals surface area contributed by atoms with Crippen LogP contribution in [-0.2, 0) is 16.1 Å². The van der Waals surface area contributed by atoms with Crippen LogP contribution in [0, 0.1) is 5.41 Å². The summed E-state index contributed by atoms with van der Waals surface area (Å²) in [6, 6.07) is 3.31. The largest absolute Gasteiger partial charge is 0.344 e. The third kappa shape index (κ3) is 3.35. The monoisotopic (exact) mass is 275 g/mol. The van der Waals surface area contributed by atoms with Gasteiger partial charge in [-0.25, -0.2) is 0 Å². The zero-order valence-electron chi connectivity index (χ0n) is 12.2. The summed E-state index contributed by atoms with van der Waals surface area (Å²) in [5.41, 5.74) is 0.674. The van der Waals surface area contributed by atoms with Crippen LogP contribution in [-0.4, -0.2) is 34.3 Å². The highest BCUT2D eigenvalue weighted by Gasteiger charge is 2.37. The lowest BCUT2D eigenvalue weighted by Gasteiger charge is -2.32. The molecule has 1 aromatic heterocycles. The molecule has 1 unspecified atom stereocenters. The Morgan fingerprint density at radius 3 is 2.75 bits per heavy atom. The van der Waals surface area contributed by atoms with Gasteiger partial charge in [-0.1, -0.05) is 26.8 Å². The summed E-state index contributed by atoms with van der Waals surface area (Å²) in [5.74, 6) is -0.0841. The van der Waals surface area contributed by atoms with Crippen molar-refractivity contribution in [2.75, 3.05) is 6.54 Å². The van der Waals surface area contributed by atoms with Crippen molar-refractivity contribution in [3.8, 4) is 0 Å². The molecule has 0 bridgehead atoms. The van der Waals surface area contributed by atoms with Gasteiger partial charge in [0.2, 0.25) is 11.8 Å². The zero-order chi connectivity index (χ0) is 14.8. The molecule has 2 rings (SSSR count). The Labute approximate surface area is 119 Å². The number of rotatable bonds is 2. The molecule has 1 N–H and O–H groups in total. The fraction of sp³-hybridized carbons (Fsp3) is 0.533. The SMILES string of the molecule is CC(C)(C)C1NC(=O)CCN(Cc2cccnc2)C1=O. The van der Waals surface area contributed by atoms with Crippen molar-refractivity contribution in [3.63, 3.8) is 0 Å². The highest BCUT2D eigenvalue weighted by Crippen LogP contribution is 2.23. The maximum atomic E-state index is 12.6. The summed E-state index contributed by atoms with van der Waals surface area (Å²) in [6.45, 7) is 6.83. The summed E-state index contributed by atoms with van der Waals surface area (Å²) in [6.07, 6.45) is 3.80. The predicted octanol–water partition coefficient (Wildman–Crippen LogP) is 1.34. The first-order chi connectivity index (χ1) is 9.38. The van der Waals surface area contributed by atoms with Crippen molar-refractivity contribution in [3.05, 3.63) is 30.1 Å². The first-order valence-electron chi connectivity index (χ1n) is 6.85. The maximum absolute atomic E-state index is 12.6. The Bertz CT molecular complexity index is 494. The average Bonchev–Trinajstić information content (AvgIpc) is 2.52. The molecule has 1 aliphatic heterocycles. The predicted molar refractivity (Wildman–Crippen MR) is 75.7 cm³/mol. The quantitative estimate of drug-likeness (QED) is 0.886. The summed E-state index contributed by atoms with van der Waals surface area (Å²) >= 11 is 0. The van der Waals surface area contributed by atoms with E-state index < -0.39 is 6.04 Å². The van der Waals surface area contributed by atoms with Gasteiger partial charge in [0.25, 0.3) is 0 Å². The highest BCUT2D eigenvalue weighted by molar-refractivity contribution is 5.90. The first kappa shape index (κ1) is 14.5. The molecule has 1 saturated heterocycles. The topological polar surface area (TPSA) is 62.3 Å². The van der Waals surface area contributed by atoms with Gasteiger partial charge in [0.15, 0.2) is 0 Å². The number of nitrogens with zero attached hydrogens (tertiary/aromatic N) is 2. The van der Waals surface area contributed by atoms with Crippen LogP contribution in [0.15, 0.2) is 24.5 Å². The van der Waals surface area contributed by atoms with Gasteiger partial charge in [-0.05, 0) is 17.0 Å². The van der Waals surface area contributed by atoms with Crippen molar-refractivity contribution in [2.45, 2.75) is 39.8 Å². The van der Waals surface area contributed by atoms with Crippen LogP contribution in [0.2, 0.25) is 0 Å². The average molecular weight is 275 g/mol. The summed E-state index contributed by atoms with van der Waals surface area (Å²) < 4.78 is 0. The lowest BCUT2D eigenvalue weighted by Crippen LogP contribution is -2.51. The van der Waals surface area contributed by atoms with Gasteiger partial charge in [-0.3, -0.25) is 14.6 Å². The van der Waals surface area contributed by atoms with E-state index in [-0.39, 0.29) is 17.2 Å². The lowest BCUT2D eigenvalue weighted by molar-refractivity contribution is -0.136. The highest BCUT2D eigenvalue weighted by atomic mass is 16.2. The fourth-order valence-corrected chi connectivity index (χ4v) is 2.28. The fourth-order valence-electron chi connectivity index (χ4n) is 2.28. The number of amides is 2. The van der Waals surface area contributed by atoms with E-state index in [1.165, 1.54) is 0 Å². The van der Waals surface area contributed by atoms with E-state index in [1.807, 2.05) is 32.9 Å². The van der Waals surface area contributed by atoms with Gasteiger partial charge in [-0.2, -0.15) is 0 Å². The molecular weight excluding hydrogens is 254 g/mol. The molecule has 1 fully saturated rings. The number of hydrogen-bond donors (Lipinski definition) is 1. The van der Waals surface area contributed by atoms with E-state index in [2.05, 4.69) is 10.3 Å². The van der Waals surface area contributed by atoms with Crippen LogP contribution in [0.5, 0.6) is 0 Å². The van der Waals surface area contributed by atoms with E-state index >= 15 is 0 Å². The number of nitrogens with one attached hydrogen (secondary N) is 1. The molecular formula is C15H21N3O2. The van der Waals surface area contributed by atoms with Crippen LogP contribution in [0.25, 0.3) is 0 Å². The Kier molecular flexibility index (Phi) is 4.06. The normalized spacial score (nSPS) is 20.6. The van der Waals surface area contributed by atoms with Crippen LogP contribution >= 0.6 is 0 Å². The van der Waals surface area contributed by atoms with Crippen LogP contribution in [0.4, 0.5) is 0 Å². The standard InChI is InChI=1S/C15H21N3O2/c1-15(2,3)13-14(20)18(8-6-12(19)17-13)10-11-5-4-7-16-9-11/h4-5,7,9,13H,6,8,10H2,1-3H3,(H,17,19). The molecule has 20 heavy (non-hydrogen) atoms. The van der Waals surface area contributed by atoms with E-state index in [1.54, 1.807) is 17.3 Å². The Morgan fingerprint density at radius 1 is 1.40 bits per heavy atom. The molecule has 2 heterocycles. The molecule has 5 nitrogen and oxygen atoms in total. The molecule has 108 valence electrons. The number of carbonyl (C=O) groups is 2. The van der Waals surface area contributed by atoms with Crippen LogP contribution in [0.3, 0.4) is 0 Å². The van der Waals surface area contributed by atoms with Gasteiger partial charge < -0.3 is 10.2 Å².